The van der Waals surface area contributed by atoms with E-state index in [1.54, 1.807) is 12.1 Å². The van der Waals surface area contributed by atoms with E-state index in [-0.39, 0.29) is 11.9 Å². The average molecular weight is 291 g/mol. The van der Waals surface area contributed by atoms with Crippen LogP contribution >= 0.6 is 0 Å². The Kier molecular flexibility index (Phi) is 3.98. The van der Waals surface area contributed by atoms with Gasteiger partial charge in [0, 0.05) is 12.1 Å². The summed E-state index contributed by atoms with van der Waals surface area (Å²) in [5, 5.41) is 13.8. The van der Waals surface area contributed by atoms with Crippen molar-refractivity contribution in [2.24, 2.45) is 5.92 Å². The van der Waals surface area contributed by atoms with Crippen LogP contribution in [-0.2, 0) is 6.54 Å². The zero-order valence-corrected chi connectivity index (χ0v) is 11.9. The lowest BCUT2D eigenvalue weighted by molar-refractivity contribution is 0.0992. The molecule has 1 aliphatic rings. The van der Waals surface area contributed by atoms with Gasteiger partial charge in [-0.3, -0.25) is 4.90 Å². The Balaban J connectivity index is 1.60. The van der Waals surface area contributed by atoms with E-state index in [1.165, 1.54) is 12.1 Å². The van der Waals surface area contributed by atoms with Gasteiger partial charge < -0.3 is 9.63 Å². The highest BCUT2D eigenvalue weighted by molar-refractivity contribution is 5.53. The molecule has 1 aromatic carbocycles. The molecule has 1 aliphatic carbocycles. The molecule has 112 valence electrons. The largest absolute Gasteiger partial charge is 0.392 e. The van der Waals surface area contributed by atoms with Crippen molar-refractivity contribution in [3.8, 4) is 11.4 Å². The summed E-state index contributed by atoms with van der Waals surface area (Å²) < 4.78 is 18.1. The van der Waals surface area contributed by atoms with Crippen LogP contribution in [0.1, 0.15) is 18.7 Å². The number of hydrogen-bond donors (Lipinski definition) is 1. The Morgan fingerprint density at radius 1 is 1.38 bits per heavy atom. The van der Waals surface area contributed by atoms with Gasteiger partial charge in [-0.05, 0) is 50.1 Å². The Labute approximate surface area is 122 Å². The van der Waals surface area contributed by atoms with Gasteiger partial charge in [0.05, 0.1) is 12.6 Å². The molecular formula is C15H18FN3O2. The van der Waals surface area contributed by atoms with Gasteiger partial charge in [0.25, 0.3) is 0 Å². The molecule has 6 heteroatoms. The molecule has 0 saturated heterocycles. The first-order chi connectivity index (χ1) is 10.1. The van der Waals surface area contributed by atoms with Gasteiger partial charge in [-0.2, -0.15) is 4.98 Å². The van der Waals surface area contributed by atoms with E-state index in [0.29, 0.717) is 36.3 Å². The van der Waals surface area contributed by atoms with Crippen molar-refractivity contribution in [2.45, 2.75) is 25.5 Å². The minimum atomic E-state index is -0.295. The lowest BCUT2D eigenvalue weighted by Gasteiger charge is -2.18. The molecule has 21 heavy (non-hydrogen) atoms. The molecule has 1 heterocycles. The van der Waals surface area contributed by atoms with Crippen LogP contribution in [-0.4, -0.2) is 39.8 Å². The minimum absolute atomic E-state index is 0.283. The van der Waals surface area contributed by atoms with Crippen LogP contribution in [0.25, 0.3) is 11.4 Å². The third-order valence-corrected chi connectivity index (χ3v) is 3.64. The highest BCUT2D eigenvalue weighted by atomic mass is 19.1. The Bertz CT molecular complexity index is 595. The Morgan fingerprint density at radius 3 is 2.76 bits per heavy atom. The lowest BCUT2D eigenvalue weighted by Crippen LogP contribution is -2.30. The van der Waals surface area contributed by atoms with E-state index in [4.69, 9.17) is 4.52 Å². The van der Waals surface area contributed by atoms with Gasteiger partial charge in [0.1, 0.15) is 5.82 Å². The quantitative estimate of drug-likeness (QED) is 0.883. The predicted molar refractivity (Wildman–Crippen MR) is 74.8 cm³/mol. The molecule has 0 amide bonds. The highest BCUT2D eigenvalue weighted by Gasteiger charge is 2.30. The van der Waals surface area contributed by atoms with E-state index in [1.807, 2.05) is 11.9 Å². The van der Waals surface area contributed by atoms with Crippen molar-refractivity contribution in [1.29, 1.82) is 0 Å². The molecule has 0 spiro atoms. The van der Waals surface area contributed by atoms with Crippen LogP contribution in [0.5, 0.6) is 0 Å². The molecule has 1 N–H and O–H groups in total. The summed E-state index contributed by atoms with van der Waals surface area (Å²) in [5.74, 6) is 1.09. The van der Waals surface area contributed by atoms with Gasteiger partial charge in [0.15, 0.2) is 0 Å². The summed E-state index contributed by atoms with van der Waals surface area (Å²) in [6, 6.07) is 5.96. The van der Waals surface area contributed by atoms with Crippen molar-refractivity contribution in [2.75, 3.05) is 13.6 Å². The number of benzene rings is 1. The highest BCUT2D eigenvalue weighted by Crippen LogP contribution is 2.32. The maximum Gasteiger partial charge on any atom is 0.241 e. The van der Waals surface area contributed by atoms with Crippen LogP contribution in [0.3, 0.4) is 0 Å². The minimum Gasteiger partial charge on any atom is -0.392 e. The normalized spacial score (nSPS) is 16.4. The fraction of sp³-hybridized carbons (Fsp3) is 0.467. The van der Waals surface area contributed by atoms with Gasteiger partial charge in [-0.15, -0.1) is 0 Å². The molecule has 1 saturated carbocycles. The average Bonchev–Trinajstić information content (AvgIpc) is 3.21. The standard InChI is InChI=1S/C15H18FN3O2/c1-19(8-13(20)10-2-3-10)9-14-17-15(18-21-14)11-4-6-12(16)7-5-11/h4-7,10,13,20H,2-3,8-9H2,1H3. The summed E-state index contributed by atoms with van der Waals surface area (Å²) in [5.41, 5.74) is 0.715. The number of aliphatic hydroxyl groups is 1. The first kappa shape index (κ1) is 14.2. The third-order valence-electron chi connectivity index (χ3n) is 3.64. The summed E-state index contributed by atoms with van der Waals surface area (Å²) >= 11 is 0. The number of halogens is 1. The number of likely N-dealkylation sites (N-methyl/N-ethyl adjacent to an activating group) is 1. The number of aromatic nitrogens is 2. The number of hydrogen-bond acceptors (Lipinski definition) is 5. The second-order valence-corrected chi connectivity index (χ2v) is 5.62. The molecule has 3 rings (SSSR count). The van der Waals surface area contributed by atoms with Crippen LogP contribution in [0.2, 0.25) is 0 Å². The van der Waals surface area contributed by atoms with E-state index in [2.05, 4.69) is 10.1 Å². The molecule has 1 atom stereocenters. The fourth-order valence-corrected chi connectivity index (χ4v) is 2.28. The SMILES string of the molecule is CN(Cc1nc(-c2ccc(F)cc2)no1)CC(O)C1CC1. The predicted octanol–water partition coefficient (Wildman–Crippen LogP) is 2.08. The lowest BCUT2D eigenvalue weighted by atomic mass is 10.2. The smallest absolute Gasteiger partial charge is 0.241 e. The first-order valence-corrected chi connectivity index (χ1v) is 7.07. The van der Waals surface area contributed by atoms with E-state index in [0.717, 1.165) is 12.8 Å². The molecule has 1 fully saturated rings. The molecule has 1 aromatic heterocycles. The molecular weight excluding hydrogens is 273 g/mol. The second kappa shape index (κ2) is 5.91. The van der Waals surface area contributed by atoms with Gasteiger partial charge in [-0.25, -0.2) is 4.39 Å². The second-order valence-electron chi connectivity index (χ2n) is 5.62. The van der Waals surface area contributed by atoms with Crippen molar-refractivity contribution in [1.82, 2.24) is 15.0 Å². The van der Waals surface area contributed by atoms with Crippen LogP contribution in [0, 0.1) is 11.7 Å². The molecule has 0 radical (unpaired) electrons. The summed E-state index contributed by atoms with van der Waals surface area (Å²) in [6.45, 7) is 1.08. The monoisotopic (exact) mass is 291 g/mol. The van der Waals surface area contributed by atoms with Crippen molar-refractivity contribution < 1.29 is 14.0 Å². The van der Waals surface area contributed by atoms with Crippen LogP contribution < -0.4 is 0 Å². The van der Waals surface area contributed by atoms with Crippen molar-refractivity contribution in [3.63, 3.8) is 0 Å². The summed E-state index contributed by atoms with van der Waals surface area (Å²) in [4.78, 5) is 6.26. The van der Waals surface area contributed by atoms with Crippen molar-refractivity contribution >= 4 is 0 Å². The number of rotatable bonds is 6. The topological polar surface area (TPSA) is 62.4 Å². The van der Waals surface area contributed by atoms with E-state index < -0.39 is 0 Å². The zero-order valence-electron chi connectivity index (χ0n) is 11.9. The summed E-state index contributed by atoms with van der Waals surface area (Å²) in [6.07, 6.45) is 1.95. The maximum atomic E-state index is 12.9. The number of aliphatic hydroxyl groups excluding tert-OH is 1. The molecule has 0 bridgehead atoms. The van der Waals surface area contributed by atoms with Crippen LogP contribution in [0.15, 0.2) is 28.8 Å². The summed E-state index contributed by atoms with van der Waals surface area (Å²) in [7, 11) is 1.91. The first-order valence-electron chi connectivity index (χ1n) is 7.07. The maximum absolute atomic E-state index is 12.9. The van der Waals surface area contributed by atoms with E-state index >= 15 is 0 Å². The van der Waals surface area contributed by atoms with E-state index in [9.17, 15) is 9.50 Å². The van der Waals surface area contributed by atoms with Crippen molar-refractivity contribution in [3.05, 3.63) is 36.0 Å². The number of nitrogens with zero attached hydrogens (tertiary/aromatic N) is 3. The Hall–Kier alpha value is -1.79. The molecule has 1 unspecified atom stereocenters. The molecule has 0 aliphatic heterocycles. The van der Waals surface area contributed by atoms with Gasteiger partial charge in [0.2, 0.25) is 11.7 Å². The molecule has 2 aromatic rings. The Morgan fingerprint density at radius 2 is 2.10 bits per heavy atom. The molecule has 5 nitrogen and oxygen atoms in total. The zero-order chi connectivity index (χ0) is 14.8. The van der Waals surface area contributed by atoms with Crippen LogP contribution in [0.4, 0.5) is 4.39 Å². The van der Waals surface area contributed by atoms with Gasteiger partial charge in [-0.1, -0.05) is 5.16 Å². The third kappa shape index (κ3) is 3.65. The van der Waals surface area contributed by atoms with Gasteiger partial charge >= 0.3 is 0 Å². The fourth-order valence-electron chi connectivity index (χ4n) is 2.28.